The summed E-state index contributed by atoms with van der Waals surface area (Å²) in [6.07, 6.45) is 2.41. The van der Waals surface area contributed by atoms with Gasteiger partial charge < -0.3 is 10.2 Å². The van der Waals surface area contributed by atoms with E-state index in [9.17, 15) is 0 Å². The highest BCUT2D eigenvalue weighted by molar-refractivity contribution is 5.46. The van der Waals surface area contributed by atoms with Gasteiger partial charge >= 0.3 is 0 Å². The number of benzene rings is 3. The molecule has 0 radical (unpaired) electrons. The maximum absolute atomic E-state index is 3.73. The van der Waals surface area contributed by atoms with Gasteiger partial charge in [0.05, 0.1) is 0 Å². The molecule has 0 amide bonds. The molecule has 2 aliphatic rings. The molecule has 3 aromatic carbocycles. The topological polar surface area (TPSA) is 18.5 Å². The van der Waals surface area contributed by atoms with Crippen LogP contribution >= 0.6 is 0 Å². The van der Waals surface area contributed by atoms with Crippen LogP contribution in [0.3, 0.4) is 0 Å². The van der Waals surface area contributed by atoms with Crippen LogP contribution in [0, 0.1) is 0 Å². The maximum Gasteiger partial charge on any atom is 0.0331 e. The van der Waals surface area contributed by atoms with Gasteiger partial charge in [0.15, 0.2) is 0 Å². The summed E-state index contributed by atoms with van der Waals surface area (Å²) >= 11 is 0. The van der Waals surface area contributed by atoms with E-state index >= 15 is 0 Å². The molecule has 3 nitrogen and oxygen atoms in total. The zero-order valence-electron chi connectivity index (χ0n) is 19.0. The van der Waals surface area contributed by atoms with Crippen LogP contribution in [0.25, 0.3) is 0 Å². The van der Waals surface area contributed by atoms with Gasteiger partial charge in [-0.2, -0.15) is 0 Å². The van der Waals surface area contributed by atoms with Crippen molar-refractivity contribution < 1.29 is 0 Å². The molecule has 0 saturated carbocycles. The molecule has 0 aliphatic carbocycles. The third-order valence-electron chi connectivity index (χ3n) is 7.39. The van der Waals surface area contributed by atoms with Gasteiger partial charge in [-0.15, -0.1) is 0 Å². The van der Waals surface area contributed by atoms with E-state index in [1.807, 2.05) is 0 Å². The van der Waals surface area contributed by atoms with Crippen LogP contribution in [0.5, 0.6) is 0 Å². The fourth-order valence-electron chi connectivity index (χ4n) is 5.65. The molecule has 1 atom stereocenters. The molecule has 1 unspecified atom stereocenters. The minimum Gasteiger partial charge on any atom is -0.311 e. The third kappa shape index (κ3) is 4.66. The Balaban J connectivity index is 1.22. The van der Waals surface area contributed by atoms with Crippen molar-refractivity contribution in [1.82, 2.24) is 15.1 Å². The molecular weight excluding hydrogens is 390 g/mol. The van der Waals surface area contributed by atoms with Gasteiger partial charge in [-0.25, -0.2) is 0 Å². The molecule has 2 heterocycles. The van der Waals surface area contributed by atoms with Gasteiger partial charge in [-0.1, -0.05) is 84.9 Å². The van der Waals surface area contributed by atoms with Gasteiger partial charge in [0, 0.05) is 51.2 Å². The molecule has 1 saturated heterocycles. The Morgan fingerprint density at radius 1 is 0.719 bits per heavy atom. The first-order valence-electron chi connectivity index (χ1n) is 12.2. The first-order valence-corrected chi connectivity index (χ1v) is 12.2. The normalized spacial score (nSPS) is 21.9. The largest absolute Gasteiger partial charge is 0.311 e. The minimum absolute atomic E-state index is 0.0746. The summed E-state index contributed by atoms with van der Waals surface area (Å²) in [5, 5.41) is 3.73. The van der Waals surface area contributed by atoms with Crippen LogP contribution in [0.2, 0.25) is 0 Å². The van der Waals surface area contributed by atoms with E-state index in [4.69, 9.17) is 0 Å². The second-order valence-electron chi connectivity index (χ2n) is 9.42. The van der Waals surface area contributed by atoms with Crippen molar-refractivity contribution in [3.05, 3.63) is 107 Å². The van der Waals surface area contributed by atoms with E-state index in [0.717, 1.165) is 19.6 Å². The Morgan fingerprint density at radius 3 is 2.16 bits per heavy atom. The zero-order chi connectivity index (χ0) is 21.6. The van der Waals surface area contributed by atoms with Gasteiger partial charge in [0.2, 0.25) is 0 Å². The number of hydrogen-bond donors (Lipinski definition) is 1. The monoisotopic (exact) mass is 425 g/mol. The Kier molecular flexibility index (Phi) is 6.68. The van der Waals surface area contributed by atoms with Crippen molar-refractivity contribution in [2.45, 2.75) is 31.3 Å². The van der Waals surface area contributed by atoms with Gasteiger partial charge in [0.1, 0.15) is 0 Å². The highest BCUT2D eigenvalue weighted by atomic mass is 15.3. The van der Waals surface area contributed by atoms with E-state index in [1.165, 1.54) is 67.8 Å². The molecule has 32 heavy (non-hydrogen) atoms. The van der Waals surface area contributed by atoms with Crippen molar-refractivity contribution in [1.29, 1.82) is 0 Å². The highest BCUT2D eigenvalue weighted by Crippen LogP contribution is 2.40. The summed E-state index contributed by atoms with van der Waals surface area (Å²) in [5.41, 5.74) is 5.93. The predicted molar refractivity (Wildman–Crippen MR) is 133 cm³/mol. The number of nitrogens with one attached hydrogen (secondary N) is 1. The van der Waals surface area contributed by atoms with E-state index in [0.29, 0.717) is 0 Å². The van der Waals surface area contributed by atoms with Crippen molar-refractivity contribution in [3.63, 3.8) is 0 Å². The third-order valence-corrected chi connectivity index (χ3v) is 7.39. The minimum atomic E-state index is 0.0746. The van der Waals surface area contributed by atoms with Crippen molar-refractivity contribution in [2.75, 3.05) is 39.3 Å². The Bertz CT molecular complexity index is 980. The van der Waals surface area contributed by atoms with Crippen LogP contribution < -0.4 is 5.32 Å². The smallest absolute Gasteiger partial charge is 0.0331 e. The summed E-state index contributed by atoms with van der Waals surface area (Å²) < 4.78 is 0. The molecule has 0 spiro atoms. The van der Waals surface area contributed by atoms with Crippen LogP contribution in [-0.4, -0.2) is 49.1 Å². The van der Waals surface area contributed by atoms with E-state index in [1.54, 1.807) is 0 Å². The standard InChI is InChI=1S/C29H35N3/c1-3-10-25(11-4-1)23-32-20-18-31(19-21-32)17-9-16-29(27-13-5-2-6-14-27)24-30-22-26-12-7-8-15-28(26)29/h1-8,10-15,30H,9,16-24H2. The molecule has 1 fully saturated rings. The van der Waals surface area contributed by atoms with E-state index < -0.39 is 0 Å². The average molecular weight is 426 g/mol. The summed E-state index contributed by atoms with van der Waals surface area (Å²) in [5.74, 6) is 0. The number of fused-ring (bicyclic) bond motifs is 1. The van der Waals surface area contributed by atoms with Crippen molar-refractivity contribution in [2.24, 2.45) is 0 Å². The van der Waals surface area contributed by atoms with Gasteiger partial charge in [0.25, 0.3) is 0 Å². The fraction of sp³-hybridized carbons (Fsp3) is 0.379. The van der Waals surface area contributed by atoms with Crippen LogP contribution in [0.1, 0.15) is 35.1 Å². The quantitative estimate of drug-likeness (QED) is 0.593. The van der Waals surface area contributed by atoms with E-state index in [-0.39, 0.29) is 5.41 Å². The second-order valence-corrected chi connectivity index (χ2v) is 9.42. The Hall–Kier alpha value is -2.46. The van der Waals surface area contributed by atoms with Gasteiger partial charge in [-0.05, 0) is 41.6 Å². The predicted octanol–water partition coefficient (Wildman–Crippen LogP) is 4.67. The Labute approximate surface area is 193 Å². The Morgan fingerprint density at radius 2 is 1.38 bits per heavy atom. The lowest BCUT2D eigenvalue weighted by molar-refractivity contribution is 0.124. The first-order chi connectivity index (χ1) is 15.8. The number of hydrogen-bond acceptors (Lipinski definition) is 3. The molecule has 3 aromatic rings. The molecule has 166 valence electrons. The van der Waals surface area contributed by atoms with Gasteiger partial charge in [-0.3, -0.25) is 4.90 Å². The lowest BCUT2D eigenvalue weighted by Crippen LogP contribution is -2.47. The molecule has 2 aliphatic heterocycles. The van der Waals surface area contributed by atoms with Crippen LogP contribution in [0.15, 0.2) is 84.9 Å². The SMILES string of the molecule is c1ccc(CN2CCN(CCCC3(c4ccccc4)CNCc4ccccc43)CC2)cc1. The summed E-state index contributed by atoms with van der Waals surface area (Å²) in [6.45, 7) is 8.98. The molecular formula is C29H35N3. The highest BCUT2D eigenvalue weighted by Gasteiger charge is 2.37. The summed E-state index contributed by atoms with van der Waals surface area (Å²) in [4.78, 5) is 5.26. The molecule has 3 heteroatoms. The molecule has 0 aromatic heterocycles. The lowest BCUT2D eigenvalue weighted by Gasteiger charge is -2.41. The zero-order valence-corrected chi connectivity index (χ0v) is 19.0. The molecule has 1 N–H and O–H groups in total. The van der Waals surface area contributed by atoms with E-state index in [2.05, 4.69) is 100 Å². The number of nitrogens with zero attached hydrogens (tertiary/aromatic N) is 2. The van der Waals surface area contributed by atoms with Crippen LogP contribution in [-0.2, 0) is 18.5 Å². The molecule has 0 bridgehead atoms. The number of rotatable bonds is 7. The van der Waals surface area contributed by atoms with Crippen molar-refractivity contribution in [3.8, 4) is 0 Å². The second kappa shape index (κ2) is 9.99. The lowest BCUT2D eigenvalue weighted by atomic mass is 9.68. The fourth-order valence-corrected chi connectivity index (χ4v) is 5.65. The first kappa shape index (κ1) is 21.4. The summed E-state index contributed by atoms with van der Waals surface area (Å²) in [6, 6.07) is 31.1. The summed E-state index contributed by atoms with van der Waals surface area (Å²) in [7, 11) is 0. The number of piperazine rings is 1. The maximum atomic E-state index is 3.73. The average Bonchev–Trinajstić information content (AvgIpc) is 2.86. The van der Waals surface area contributed by atoms with Crippen LogP contribution in [0.4, 0.5) is 0 Å². The van der Waals surface area contributed by atoms with Crippen molar-refractivity contribution >= 4 is 0 Å². The molecule has 5 rings (SSSR count).